The van der Waals surface area contributed by atoms with Crippen LogP contribution in [0.2, 0.25) is 0 Å². The highest BCUT2D eigenvalue weighted by molar-refractivity contribution is 5.92. The van der Waals surface area contributed by atoms with E-state index in [-0.39, 0.29) is 11.8 Å². The second-order valence-electron chi connectivity index (χ2n) is 4.05. The molecule has 0 radical (unpaired) electrons. The van der Waals surface area contributed by atoms with Crippen molar-refractivity contribution >= 4 is 11.6 Å². The predicted molar refractivity (Wildman–Crippen MR) is 62.5 cm³/mol. The molecular formula is C12H16N2O2. The van der Waals surface area contributed by atoms with E-state index in [0.717, 1.165) is 30.0 Å². The summed E-state index contributed by atoms with van der Waals surface area (Å²) in [5, 5.41) is 2.85. The van der Waals surface area contributed by atoms with Crippen molar-refractivity contribution in [3.63, 3.8) is 0 Å². The molecule has 0 bridgehead atoms. The maximum Gasteiger partial charge on any atom is 0.228 e. The van der Waals surface area contributed by atoms with E-state index in [4.69, 9.17) is 10.5 Å². The van der Waals surface area contributed by atoms with Crippen LogP contribution in [0.15, 0.2) is 18.2 Å². The van der Waals surface area contributed by atoms with Crippen molar-refractivity contribution in [2.24, 2.45) is 11.7 Å². The zero-order valence-corrected chi connectivity index (χ0v) is 9.32. The number of amides is 1. The van der Waals surface area contributed by atoms with Gasteiger partial charge in [-0.2, -0.15) is 0 Å². The Morgan fingerprint density at radius 3 is 3.19 bits per heavy atom. The van der Waals surface area contributed by atoms with Crippen LogP contribution in [0.5, 0.6) is 5.75 Å². The van der Waals surface area contributed by atoms with Gasteiger partial charge in [-0.15, -0.1) is 0 Å². The first-order valence-electron chi connectivity index (χ1n) is 5.47. The maximum absolute atomic E-state index is 11.6. The Morgan fingerprint density at radius 2 is 2.44 bits per heavy atom. The smallest absolute Gasteiger partial charge is 0.228 e. The predicted octanol–water partition coefficient (Wildman–Crippen LogP) is 1.15. The lowest BCUT2D eigenvalue weighted by Crippen LogP contribution is -2.26. The molecule has 1 atom stereocenters. The highest BCUT2D eigenvalue weighted by Crippen LogP contribution is 2.27. The first-order valence-corrected chi connectivity index (χ1v) is 5.47. The average molecular weight is 220 g/mol. The molecule has 0 fully saturated rings. The third-order valence-electron chi connectivity index (χ3n) is 2.76. The third-order valence-corrected chi connectivity index (χ3v) is 2.76. The molecular weight excluding hydrogens is 204 g/mol. The summed E-state index contributed by atoms with van der Waals surface area (Å²) in [7, 11) is 0. The van der Waals surface area contributed by atoms with Gasteiger partial charge in [0.25, 0.3) is 0 Å². The van der Waals surface area contributed by atoms with Gasteiger partial charge >= 0.3 is 0 Å². The number of hydrogen-bond donors (Lipinski definition) is 2. The van der Waals surface area contributed by atoms with Crippen molar-refractivity contribution in [1.29, 1.82) is 0 Å². The number of benzene rings is 1. The summed E-state index contributed by atoms with van der Waals surface area (Å²) in [6, 6.07) is 5.71. The number of fused-ring (bicyclic) bond motifs is 1. The van der Waals surface area contributed by atoms with Gasteiger partial charge in [-0.3, -0.25) is 4.79 Å². The van der Waals surface area contributed by atoms with Crippen LogP contribution in [0.3, 0.4) is 0 Å². The van der Waals surface area contributed by atoms with Gasteiger partial charge in [0.15, 0.2) is 0 Å². The number of ether oxygens (including phenoxy) is 1. The lowest BCUT2D eigenvalue weighted by atomic mass is 10.1. The fraction of sp³-hybridized carbons (Fsp3) is 0.417. The normalized spacial score (nSPS) is 15.1. The minimum atomic E-state index is -0.162. The fourth-order valence-electron chi connectivity index (χ4n) is 1.64. The number of nitrogens with two attached hydrogens (primary N) is 1. The molecule has 0 spiro atoms. The van der Waals surface area contributed by atoms with Crippen molar-refractivity contribution in [2.45, 2.75) is 13.3 Å². The monoisotopic (exact) mass is 220 g/mol. The summed E-state index contributed by atoms with van der Waals surface area (Å²) in [4.78, 5) is 11.6. The molecule has 3 N–H and O–H groups in total. The summed E-state index contributed by atoms with van der Waals surface area (Å²) < 4.78 is 5.39. The van der Waals surface area contributed by atoms with Crippen LogP contribution in [-0.4, -0.2) is 19.1 Å². The molecule has 1 aliphatic heterocycles. The highest BCUT2D eigenvalue weighted by Gasteiger charge is 2.14. The molecule has 1 heterocycles. The zero-order valence-electron chi connectivity index (χ0n) is 9.32. The van der Waals surface area contributed by atoms with Crippen LogP contribution in [-0.2, 0) is 11.2 Å². The molecule has 0 aromatic heterocycles. The van der Waals surface area contributed by atoms with E-state index in [1.54, 1.807) is 0 Å². The molecule has 0 saturated carbocycles. The molecule has 1 aromatic carbocycles. The molecule has 4 nitrogen and oxygen atoms in total. The summed E-state index contributed by atoms with van der Waals surface area (Å²) in [6.07, 6.45) is 0.908. The average Bonchev–Trinajstić information content (AvgIpc) is 2.75. The van der Waals surface area contributed by atoms with E-state index in [9.17, 15) is 4.79 Å². The summed E-state index contributed by atoms with van der Waals surface area (Å²) in [6.45, 7) is 2.90. The number of anilines is 1. The van der Waals surface area contributed by atoms with Crippen molar-refractivity contribution in [3.05, 3.63) is 23.8 Å². The van der Waals surface area contributed by atoms with Gasteiger partial charge in [0.05, 0.1) is 6.61 Å². The lowest BCUT2D eigenvalue weighted by Gasteiger charge is -2.10. The van der Waals surface area contributed by atoms with Gasteiger partial charge in [0, 0.05) is 24.6 Å². The number of hydrogen-bond acceptors (Lipinski definition) is 3. The van der Waals surface area contributed by atoms with Crippen molar-refractivity contribution in [3.8, 4) is 5.75 Å². The Hall–Kier alpha value is -1.55. The maximum atomic E-state index is 11.6. The molecule has 1 aliphatic rings. The van der Waals surface area contributed by atoms with Crippen LogP contribution in [0.4, 0.5) is 5.69 Å². The van der Waals surface area contributed by atoms with Crippen LogP contribution >= 0.6 is 0 Å². The van der Waals surface area contributed by atoms with E-state index < -0.39 is 0 Å². The second kappa shape index (κ2) is 4.53. The van der Waals surface area contributed by atoms with E-state index in [0.29, 0.717) is 6.54 Å². The summed E-state index contributed by atoms with van der Waals surface area (Å²) in [5.41, 5.74) is 7.40. The van der Waals surface area contributed by atoms with Gasteiger partial charge in [-0.1, -0.05) is 6.92 Å². The largest absolute Gasteiger partial charge is 0.493 e. The van der Waals surface area contributed by atoms with Crippen LogP contribution in [0.25, 0.3) is 0 Å². The van der Waals surface area contributed by atoms with Gasteiger partial charge < -0.3 is 15.8 Å². The van der Waals surface area contributed by atoms with Gasteiger partial charge in [0.2, 0.25) is 5.91 Å². The first-order chi connectivity index (χ1) is 7.70. The Balaban J connectivity index is 2.08. The Bertz CT molecular complexity index is 404. The number of nitrogens with one attached hydrogen (secondary N) is 1. The number of carbonyl (C=O) groups excluding carboxylic acids is 1. The van der Waals surface area contributed by atoms with Gasteiger partial charge in [-0.25, -0.2) is 0 Å². The minimum absolute atomic E-state index is 0.0404. The zero-order chi connectivity index (χ0) is 11.5. The van der Waals surface area contributed by atoms with Crippen LogP contribution in [0, 0.1) is 5.92 Å². The van der Waals surface area contributed by atoms with E-state index in [1.807, 2.05) is 25.1 Å². The highest BCUT2D eigenvalue weighted by atomic mass is 16.5. The van der Waals surface area contributed by atoms with Crippen molar-refractivity contribution in [2.75, 3.05) is 18.5 Å². The number of carbonyl (C=O) groups is 1. The first kappa shape index (κ1) is 11.0. The second-order valence-corrected chi connectivity index (χ2v) is 4.05. The van der Waals surface area contributed by atoms with E-state index in [1.165, 1.54) is 0 Å². The van der Waals surface area contributed by atoms with Crippen LogP contribution in [0.1, 0.15) is 12.5 Å². The van der Waals surface area contributed by atoms with Crippen molar-refractivity contribution < 1.29 is 9.53 Å². The fourth-order valence-corrected chi connectivity index (χ4v) is 1.64. The molecule has 0 saturated heterocycles. The topological polar surface area (TPSA) is 64.4 Å². The molecule has 0 aliphatic carbocycles. The number of rotatable bonds is 3. The minimum Gasteiger partial charge on any atom is -0.493 e. The van der Waals surface area contributed by atoms with Crippen LogP contribution < -0.4 is 15.8 Å². The molecule has 16 heavy (non-hydrogen) atoms. The molecule has 86 valence electrons. The Morgan fingerprint density at radius 1 is 1.62 bits per heavy atom. The standard InChI is InChI=1S/C12H16N2O2/c1-8(7-13)12(15)14-10-2-3-11-9(6-10)4-5-16-11/h2-3,6,8H,4-5,7,13H2,1H3,(H,14,15). The van der Waals surface area contributed by atoms with E-state index >= 15 is 0 Å². The summed E-state index contributed by atoms with van der Waals surface area (Å²) >= 11 is 0. The Labute approximate surface area is 94.8 Å². The molecule has 1 amide bonds. The van der Waals surface area contributed by atoms with Crippen molar-refractivity contribution in [1.82, 2.24) is 0 Å². The quantitative estimate of drug-likeness (QED) is 0.803. The third kappa shape index (κ3) is 2.17. The molecule has 2 rings (SSSR count). The summed E-state index contributed by atoms with van der Waals surface area (Å²) in [5.74, 6) is 0.718. The Kier molecular flexibility index (Phi) is 3.10. The van der Waals surface area contributed by atoms with Gasteiger partial charge in [0.1, 0.15) is 5.75 Å². The van der Waals surface area contributed by atoms with E-state index in [2.05, 4.69) is 5.32 Å². The molecule has 1 aromatic rings. The molecule has 1 unspecified atom stereocenters. The lowest BCUT2D eigenvalue weighted by molar-refractivity contribution is -0.119. The SMILES string of the molecule is CC(CN)C(=O)Nc1ccc2c(c1)CCO2. The molecule has 4 heteroatoms. The van der Waals surface area contributed by atoms with Gasteiger partial charge in [-0.05, 0) is 23.8 Å².